The molecule has 0 aliphatic carbocycles. The Bertz CT molecular complexity index is 1790. The van der Waals surface area contributed by atoms with Gasteiger partial charge in [0.25, 0.3) is 0 Å². The van der Waals surface area contributed by atoms with E-state index in [1.807, 2.05) is 0 Å². The van der Waals surface area contributed by atoms with Gasteiger partial charge in [-0.2, -0.15) is 0 Å². The van der Waals surface area contributed by atoms with Crippen LogP contribution in [0.5, 0.6) is 0 Å². The standard InChI is InChI=1S/C42H48N4/c1-39(2,3)29-21-25-19-26(22-29)32-12-16-36(44-32)42(9,10)38-18-14-34(46-38)28-20-27(23-30(24-28)40(4,5)6)33-13-17-37(45-33)41(7,8)35-15-11-31(25)43-35/h11-24,43-46H,1-10H3. The molecule has 0 fully saturated rings. The molecule has 7 rings (SSSR count). The first kappa shape index (κ1) is 30.2. The molecule has 1 aliphatic heterocycles. The van der Waals surface area contributed by atoms with Gasteiger partial charge in [-0.3, -0.25) is 0 Å². The number of benzene rings is 2. The van der Waals surface area contributed by atoms with Gasteiger partial charge < -0.3 is 19.9 Å². The van der Waals surface area contributed by atoms with Crippen molar-refractivity contribution in [3.8, 4) is 45.0 Å². The van der Waals surface area contributed by atoms with E-state index in [4.69, 9.17) is 0 Å². The third kappa shape index (κ3) is 5.08. The third-order valence-electron chi connectivity index (χ3n) is 10.3. The lowest BCUT2D eigenvalue weighted by molar-refractivity contribution is 0.590. The average molecular weight is 609 g/mol. The average Bonchev–Trinajstić information content (AvgIpc) is 3.81. The highest BCUT2D eigenvalue weighted by Gasteiger charge is 2.30. The quantitative estimate of drug-likeness (QED) is 0.133. The summed E-state index contributed by atoms with van der Waals surface area (Å²) in [5.41, 5.74) is 16.2. The van der Waals surface area contributed by atoms with Crippen LogP contribution in [0.25, 0.3) is 45.0 Å². The van der Waals surface area contributed by atoms with Crippen molar-refractivity contribution in [2.45, 2.75) is 90.9 Å². The molecular formula is C42H48N4. The van der Waals surface area contributed by atoms with Crippen molar-refractivity contribution in [1.82, 2.24) is 19.9 Å². The highest BCUT2D eigenvalue weighted by molar-refractivity contribution is 5.74. The number of aromatic nitrogens is 4. The molecule has 0 saturated heterocycles. The molecule has 12 bridgehead atoms. The third-order valence-corrected chi connectivity index (χ3v) is 10.3. The predicted octanol–water partition coefficient (Wildman–Crippen LogP) is 11.2. The van der Waals surface area contributed by atoms with Crippen molar-refractivity contribution >= 4 is 0 Å². The summed E-state index contributed by atoms with van der Waals surface area (Å²) in [4.78, 5) is 15.3. The van der Waals surface area contributed by atoms with Crippen LogP contribution in [-0.2, 0) is 21.7 Å². The van der Waals surface area contributed by atoms with E-state index in [0.29, 0.717) is 0 Å². The van der Waals surface area contributed by atoms with Crippen molar-refractivity contribution in [1.29, 1.82) is 0 Å². The second kappa shape index (κ2) is 10.0. The van der Waals surface area contributed by atoms with Gasteiger partial charge in [-0.25, -0.2) is 0 Å². The molecule has 0 unspecified atom stereocenters. The molecule has 0 atom stereocenters. The van der Waals surface area contributed by atoms with Gasteiger partial charge in [0.05, 0.1) is 0 Å². The lowest BCUT2D eigenvalue weighted by Crippen LogP contribution is -2.20. The number of fused-ring (bicyclic) bond motifs is 16. The van der Waals surface area contributed by atoms with E-state index >= 15 is 0 Å². The van der Waals surface area contributed by atoms with E-state index in [1.54, 1.807) is 0 Å². The summed E-state index contributed by atoms with van der Waals surface area (Å²) in [5, 5.41) is 0. The number of hydrogen-bond donors (Lipinski definition) is 4. The van der Waals surface area contributed by atoms with Crippen LogP contribution >= 0.6 is 0 Å². The van der Waals surface area contributed by atoms with Gasteiger partial charge in [-0.15, -0.1) is 0 Å². The van der Waals surface area contributed by atoms with Crippen LogP contribution in [0.2, 0.25) is 0 Å². The summed E-state index contributed by atoms with van der Waals surface area (Å²) < 4.78 is 0. The van der Waals surface area contributed by atoms with Crippen LogP contribution in [0.4, 0.5) is 0 Å². The molecular weight excluding hydrogens is 560 g/mol. The van der Waals surface area contributed by atoms with E-state index in [-0.39, 0.29) is 21.7 Å². The highest BCUT2D eigenvalue weighted by Crippen LogP contribution is 2.40. The van der Waals surface area contributed by atoms with Crippen LogP contribution in [0.3, 0.4) is 0 Å². The Hall–Kier alpha value is -4.44. The molecule has 0 spiro atoms. The van der Waals surface area contributed by atoms with Crippen LogP contribution < -0.4 is 0 Å². The van der Waals surface area contributed by atoms with E-state index in [0.717, 1.165) is 22.8 Å². The Morgan fingerprint density at radius 1 is 0.370 bits per heavy atom. The maximum absolute atomic E-state index is 3.83. The SMILES string of the molecule is CC(C)(C)c1cc2cc(c1)-c1ccc([nH]1)C(C)(C)c1ccc([nH]1)-c1cc(cc(C(C)(C)C)c1)-c1ccc([nH]1)C(C)(C)c1ccc-2[nH]1. The van der Waals surface area contributed by atoms with Gasteiger partial charge in [0, 0.05) is 56.4 Å². The number of H-pyrrole nitrogens is 4. The molecule has 1 aliphatic rings. The molecule has 6 aromatic rings. The number of rotatable bonds is 0. The zero-order valence-electron chi connectivity index (χ0n) is 29.1. The van der Waals surface area contributed by atoms with Gasteiger partial charge in [-0.1, -0.05) is 41.5 Å². The maximum Gasteiger partial charge on any atom is 0.0456 e. The van der Waals surface area contributed by atoms with Crippen molar-refractivity contribution in [2.75, 3.05) is 0 Å². The lowest BCUT2D eigenvalue weighted by Gasteiger charge is -2.24. The van der Waals surface area contributed by atoms with Gasteiger partial charge >= 0.3 is 0 Å². The summed E-state index contributed by atoms with van der Waals surface area (Å²) in [7, 11) is 0. The fourth-order valence-electron chi connectivity index (χ4n) is 6.75. The second-order valence-electron chi connectivity index (χ2n) is 16.5. The zero-order chi connectivity index (χ0) is 32.8. The Balaban J connectivity index is 1.47. The summed E-state index contributed by atoms with van der Waals surface area (Å²) in [6.45, 7) is 22.9. The van der Waals surface area contributed by atoms with Crippen molar-refractivity contribution in [3.05, 3.63) is 119 Å². The summed E-state index contributed by atoms with van der Waals surface area (Å²) in [5.74, 6) is 0. The summed E-state index contributed by atoms with van der Waals surface area (Å²) in [6, 6.07) is 32.0. The van der Waals surface area contributed by atoms with E-state index in [1.165, 1.54) is 56.2 Å². The Morgan fingerprint density at radius 2 is 0.609 bits per heavy atom. The van der Waals surface area contributed by atoms with Gasteiger partial charge in [0.2, 0.25) is 0 Å². The topological polar surface area (TPSA) is 63.2 Å². The molecule has 236 valence electrons. The smallest absolute Gasteiger partial charge is 0.0456 e. The Morgan fingerprint density at radius 3 is 0.826 bits per heavy atom. The number of nitrogens with one attached hydrogen (secondary N) is 4. The molecule has 2 aromatic carbocycles. The van der Waals surface area contributed by atoms with E-state index in [9.17, 15) is 0 Å². The minimum absolute atomic E-state index is 0.00590. The lowest BCUT2D eigenvalue weighted by atomic mass is 9.84. The first-order valence-corrected chi connectivity index (χ1v) is 16.6. The summed E-state index contributed by atoms with van der Waals surface area (Å²) >= 11 is 0. The zero-order valence-corrected chi connectivity index (χ0v) is 29.1. The first-order valence-electron chi connectivity index (χ1n) is 16.6. The molecule has 4 nitrogen and oxygen atoms in total. The van der Waals surface area contributed by atoms with E-state index < -0.39 is 0 Å². The minimum Gasteiger partial charge on any atom is -0.358 e. The fourth-order valence-corrected chi connectivity index (χ4v) is 6.75. The Kier molecular flexibility index (Phi) is 6.59. The van der Waals surface area contributed by atoms with Crippen LogP contribution in [0.1, 0.15) is 103 Å². The molecule has 5 heterocycles. The van der Waals surface area contributed by atoms with Crippen LogP contribution in [0, 0.1) is 0 Å². The minimum atomic E-state index is -0.249. The van der Waals surface area contributed by atoms with Crippen molar-refractivity contribution in [2.24, 2.45) is 0 Å². The Labute approximate surface area is 274 Å². The predicted molar refractivity (Wildman–Crippen MR) is 194 cm³/mol. The highest BCUT2D eigenvalue weighted by atomic mass is 14.8. The van der Waals surface area contributed by atoms with Gasteiger partial charge in [-0.05, 0) is 157 Å². The molecule has 0 radical (unpaired) electrons. The first-order chi connectivity index (χ1) is 21.5. The van der Waals surface area contributed by atoms with E-state index in [2.05, 4.69) is 174 Å². The van der Waals surface area contributed by atoms with Crippen molar-refractivity contribution in [3.63, 3.8) is 0 Å². The maximum atomic E-state index is 3.83. The van der Waals surface area contributed by atoms with Gasteiger partial charge in [0.1, 0.15) is 0 Å². The molecule has 0 saturated carbocycles. The monoisotopic (exact) mass is 608 g/mol. The normalized spacial score (nSPS) is 15.5. The molecule has 4 aromatic heterocycles. The van der Waals surface area contributed by atoms with Crippen molar-refractivity contribution < 1.29 is 0 Å². The number of aromatic amines is 4. The van der Waals surface area contributed by atoms with Crippen LogP contribution in [0.15, 0.2) is 84.9 Å². The number of hydrogen-bond acceptors (Lipinski definition) is 0. The summed E-state index contributed by atoms with van der Waals surface area (Å²) in [6.07, 6.45) is 0. The fraction of sp³-hybridized carbons (Fsp3) is 0.333. The van der Waals surface area contributed by atoms with Gasteiger partial charge in [0.15, 0.2) is 0 Å². The molecule has 0 amide bonds. The molecule has 4 N–H and O–H groups in total. The second-order valence-corrected chi connectivity index (χ2v) is 16.5. The molecule has 4 heteroatoms. The molecule has 46 heavy (non-hydrogen) atoms. The van der Waals surface area contributed by atoms with Crippen LogP contribution in [-0.4, -0.2) is 19.9 Å². The largest absolute Gasteiger partial charge is 0.358 e.